The Balaban J connectivity index is 0.920. The number of piperidine rings is 2. The van der Waals surface area contributed by atoms with Crippen LogP contribution in [0.15, 0.2) is 42.7 Å². The van der Waals surface area contributed by atoms with Gasteiger partial charge in [0, 0.05) is 36.5 Å². The summed E-state index contributed by atoms with van der Waals surface area (Å²) in [5.41, 5.74) is 2.22. The number of amides is 4. The van der Waals surface area contributed by atoms with Crippen molar-refractivity contribution in [3.8, 4) is 11.5 Å². The molecule has 3 aliphatic rings. The Bertz CT molecular complexity index is 1870. The Morgan fingerprint density at radius 1 is 0.963 bits per heavy atom. The zero-order valence-corrected chi connectivity index (χ0v) is 30.9. The molecule has 4 heterocycles. The van der Waals surface area contributed by atoms with Gasteiger partial charge in [-0.25, -0.2) is 4.39 Å². The summed E-state index contributed by atoms with van der Waals surface area (Å²) >= 11 is 12.2. The third-order valence-electron chi connectivity index (χ3n) is 10.1. The van der Waals surface area contributed by atoms with E-state index in [1.807, 2.05) is 0 Å². The zero-order chi connectivity index (χ0) is 38.4. The van der Waals surface area contributed by atoms with E-state index in [9.17, 15) is 32.3 Å². The predicted molar refractivity (Wildman–Crippen MR) is 195 cm³/mol. The lowest BCUT2D eigenvalue weighted by atomic mass is 9.85. The molecule has 3 aromatic rings. The van der Waals surface area contributed by atoms with Crippen molar-refractivity contribution in [2.75, 3.05) is 31.6 Å². The second kappa shape index (κ2) is 17.8. The maximum atomic E-state index is 14.8. The summed E-state index contributed by atoms with van der Waals surface area (Å²) in [5.74, 6) is -2.33. The molecule has 0 saturated carbocycles. The first-order chi connectivity index (χ1) is 26.0. The molecule has 1 unspecified atom stereocenters. The van der Waals surface area contributed by atoms with Gasteiger partial charge >= 0.3 is 6.61 Å². The van der Waals surface area contributed by atoms with Gasteiger partial charge in [0.25, 0.3) is 11.8 Å². The number of carbonyl (C=O) groups is 4. The fourth-order valence-corrected chi connectivity index (χ4v) is 7.77. The van der Waals surface area contributed by atoms with Crippen LogP contribution in [0.5, 0.6) is 11.5 Å². The molecule has 4 amide bonds. The van der Waals surface area contributed by atoms with Crippen molar-refractivity contribution in [2.24, 2.45) is 0 Å². The number of unbranched alkanes of at least 4 members (excludes halogenated alkanes) is 4. The molecule has 0 aliphatic carbocycles. The molecule has 2 aromatic carbocycles. The van der Waals surface area contributed by atoms with Crippen LogP contribution in [0.3, 0.4) is 0 Å². The summed E-state index contributed by atoms with van der Waals surface area (Å²) < 4.78 is 51.2. The van der Waals surface area contributed by atoms with Crippen LogP contribution in [0.4, 0.5) is 18.9 Å². The fraction of sp³-hybridized carbons (Fsp3) is 0.447. The number of anilines is 1. The molecule has 11 nitrogen and oxygen atoms in total. The van der Waals surface area contributed by atoms with Gasteiger partial charge in [-0.3, -0.25) is 29.5 Å². The van der Waals surface area contributed by atoms with Crippen molar-refractivity contribution in [2.45, 2.75) is 82.9 Å². The number of aromatic nitrogens is 1. The fourth-order valence-electron chi connectivity index (χ4n) is 7.31. The largest absolute Gasteiger partial charge is 0.490 e. The summed E-state index contributed by atoms with van der Waals surface area (Å²) in [5, 5.41) is 5.19. The average molecular weight is 791 g/mol. The number of alkyl halides is 2. The van der Waals surface area contributed by atoms with Gasteiger partial charge in [-0.15, -0.1) is 0 Å². The number of rotatable bonds is 15. The van der Waals surface area contributed by atoms with Gasteiger partial charge in [0.15, 0.2) is 11.5 Å². The molecule has 6 rings (SSSR count). The van der Waals surface area contributed by atoms with Crippen LogP contribution in [0.2, 0.25) is 10.0 Å². The number of likely N-dealkylation sites (tertiary alicyclic amines) is 1. The molecular weight excluding hydrogens is 750 g/mol. The van der Waals surface area contributed by atoms with E-state index in [0.29, 0.717) is 12.0 Å². The quantitative estimate of drug-likeness (QED) is 0.121. The molecule has 3 aliphatic heterocycles. The average Bonchev–Trinajstić information content (AvgIpc) is 3.46. The molecular formula is C38H40Cl2F3N5O6. The highest BCUT2D eigenvalue weighted by atomic mass is 35.5. The highest BCUT2D eigenvalue weighted by Crippen LogP contribution is 2.38. The summed E-state index contributed by atoms with van der Waals surface area (Å²) in [7, 11) is 0. The number of benzene rings is 2. The van der Waals surface area contributed by atoms with E-state index in [0.717, 1.165) is 69.3 Å². The first kappa shape index (κ1) is 39.3. The number of nitrogens with one attached hydrogen (secondary N) is 2. The molecule has 54 heavy (non-hydrogen) atoms. The lowest BCUT2D eigenvalue weighted by Crippen LogP contribution is -2.52. The number of halogens is 5. The number of imide groups is 1. The number of nitrogens with zero attached hydrogens (tertiary/aromatic N) is 3. The Hall–Kier alpha value is -4.40. The van der Waals surface area contributed by atoms with Gasteiger partial charge in [-0.1, -0.05) is 42.5 Å². The number of ether oxygens (including phenoxy) is 2. The van der Waals surface area contributed by atoms with Crippen LogP contribution in [-0.2, 0) is 16.1 Å². The van der Waals surface area contributed by atoms with Crippen molar-refractivity contribution in [3.05, 3.63) is 80.8 Å². The number of hydrogen-bond donors (Lipinski definition) is 2. The summed E-state index contributed by atoms with van der Waals surface area (Å²) in [4.78, 5) is 57.9. The number of pyridine rings is 1. The van der Waals surface area contributed by atoms with E-state index in [4.69, 9.17) is 27.9 Å². The van der Waals surface area contributed by atoms with Crippen molar-refractivity contribution < 1.29 is 41.8 Å². The lowest BCUT2D eigenvalue weighted by Gasteiger charge is -2.33. The lowest BCUT2D eigenvalue weighted by molar-refractivity contribution is -0.136. The van der Waals surface area contributed by atoms with Crippen LogP contribution >= 0.6 is 23.2 Å². The molecule has 2 fully saturated rings. The summed E-state index contributed by atoms with van der Waals surface area (Å²) in [6.07, 6.45) is 9.17. The van der Waals surface area contributed by atoms with Gasteiger partial charge in [0.2, 0.25) is 11.8 Å². The zero-order valence-electron chi connectivity index (χ0n) is 29.4. The maximum Gasteiger partial charge on any atom is 0.387 e. The van der Waals surface area contributed by atoms with Gasteiger partial charge in [0.05, 0.1) is 22.3 Å². The Kier molecular flexibility index (Phi) is 13.0. The minimum Gasteiger partial charge on any atom is -0.490 e. The summed E-state index contributed by atoms with van der Waals surface area (Å²) in [6, 6.07) is 5.95. The van der Waals surface area contributed by atoms with Crippen LogP contribution in [0, 0.1) is 5.82 Å². The van der Waals surface area contributed by atoms with Gasteiger partial charge in [-0.05, 0) is 99.1 Å². The SMILES string of the molecule is O=C1CCC(N2Cc3c(cc(F)cc3C3CCN(CCCCCCCOc4cc(C(=O)Nc5c(Cl)cncc5Cl)ccc4OC(F)F)CC3)C2=O)C(=O)N1. The molecule has 0 bridgehead atoms. The standard InChI is InChI=1S/C38H40Cl2F3N5O6/c39-28-19-44-20-29(40)34(28)46-35(50)23-6-8-31(54-38(42)43)32(16-23)53-15-5-3-1-2-4-12-47-13-10-22(11-14-47)25-17-24(41)18-26-27(25)21-48(37(26)52)30-7-9-33(49)45-36(30)51/h6,8,16-20,22,30,38H,1-5,7,9-15,21H2,(H,44,46,50)(H,45,49,51). The molecule has 0 radical (unpaired) electrons. The topological polar surface area (TPSA) is 130 Å². The second-order valence-corrected chi connectivity index (χ2v) is 14.4. The normalized spacial score (nSPS) is 17.9. The van der Waals surface area contributed by atoms with Gasteiger partial charge in [0.1, 0.15) is 11.9 Å². The third kappa shape index (κ3) is 9.45. The minimum atomic E-state index is -3.07. The minimum absolute atomic E-state index is 0.0136. The molecule has 0 spiro atoms. The van der Waals surface area contributed by atoms with Crippen LogP contribution < -0.4 is 20.1 Å². The van der Waals surface area contributed by atoms with E-state index >= 15 is 0 Å². The van der Waals surface area contributed by atoms with Crippen molar-refractivity contribution >= 4 is 52.5 Å². The maximum absolute atomic E-state index is 14.8. The number of carbonyl (C=O) groups excluding carboxylic acids is 4. The van der Waals surface area contributed by atoms with Gasteiger partial charge < -0.3 is 24.6 Å². The van der Waals surface area contributed by atoms with Crippen molar-refractivity contribution in [1.82, 2.24) is 20.1 Å². The van der Waals surface area contributed by atoms with E-state index in [2.05, 4.69) is 25.3 Å². The highest BCUT2D eigenvalue weighted by Gasteiger charge is 2.41. The predicted octanol–water partition coefficient (Wildman–Crippen LogP) is 7.35. The second-order valence-electron chi connectivity index (χ2n) is 13.6. The Morgan fingerprint density at radius 2 is 1.69 bits per heavy atom. The van der Waals surface area contributed by atoms with E-state index in [1.54, 1.807) is 0 Å². The number of hydrogen-bond acceptors (Lipinski definition) is 8. The Labute approximate surface area is 320 Å². The van der Waals surface area contributed by atoms with Crippen LogP contribution in [-0.4, -0.2) is 77.3 Å². The molecule has 1 atom stereocenters. The van der Waals surface area contributed by atoms with E-state index in [1.165, 1.54) is 47.6 Å². The van der Waals surface area contributed by atoms with Gasteiger partial charge in [-0.2, -0.15) is 8.78 Å². The molecule has 1 aromatic heterocycles. The third-order valence-corrected chi connectivity index (χ3v) is 10.6. The van der Waals surface area contributed by atoms with Crippen LogP contribution in [0.25, 0.3) is 0 Å². The molecule has 16 heteroatoms. The van der Waals surface area contributed by atoms with Crippen molar-refractivity contribution in [3.63, 3.8) is 0 Å². The van der Waals surface area contributed by atoms with Crippen LogP contribution in [0.1, 0.15) is 95.5 Å². The molecule has 2 N–H and O–H groups in total. The number of fused-ring (bicyclic) bond motifs is 1. The first-order valence-corrected chi connectivity index (χ1v) is 18.8. The Morgan fingerprint density at radius 3 is 2.41 bits per heavy atom. The highest BCUT2D eigenvalue weighted by molar-refractivity contribution is 6.39. The smallest absolute Gasteiger partial charge is 0.387 e. The monoisotopic (exact) mass is 789 g/mol. The molecule has 288 valence electrons. The molecule has 2 saturated heterocycles. The van der Waals surface area contributed by atoms with E-state index < -0.39 is 30.3 Å². The van der Waals surface area contributed by atoms with Crippen molar-refractivity contribution in [1.29, 1.82) is 0 Å². The first-order valence-electron chi connectivity index (χ1n) is 18.0. The van der Waals surface area contributed by atoms with E-state index in [-0.39, 0.29) is 76.5 Å². The summed E-state index contributed by atoms with van der Waals surface area (Å²) in [6.45, 7) is 0.00672.